The van der Waals surface area contributed by atoms with Crippen molar-refractivity contribution in [2.45, 2.75) is 13.3 Å². The van der Waals surface area contributed by atoms with Crippen LogP contribution in [0.2, 0.25) is 0 Å². The van der Waals surface area contributed by atoms with E-state index in [1.54, 1.807) is 6.07 Å². The van der Waals surface area contributed by atoms with Crippen LogP contribution in [0.25, 0.3) is 0 Å². The third-order valence-corrected chi connectivity index (χ3v) is 1.84. The van der Waals surface area contributed by atoms with E-state index in [1.807, 2.05) is 13.0 Å². The Morgan fingerprint density at radius 3 is 3.00 bits per heavy atom. The standard InChI is InChI=1S/C9H8FN/c1-6-5-7-8(10)3-2-4-9(7)11-6/h2-4H,5H2,1H3. The minimum absolute atomic E-state index is 0.136. The van der Waals surface area contributed by atoms with E-state index < -0.39 is 0 Å². The van der Waals surface area contributed by atoms with Crippen LogP contribution in [-0.2, 0) is 6.42 Å². The maximum Gasteiger partial charge on any atom is 0.128 e. The zero-order valence-electron chi connectivity index (χ0n) is 6.26. The first kappa shape index (κ1) is 6.53. The van der Waals surface area contributed by atoms with Crippen molar-refractivity contribution in [3.05, 3.63) is 29.6 Å². The highest BCUT2D eigenvalue weighted by molar-refractivity contribution is 5.92. The highest BCUT2D eigenvalue weighted by atomic mass is 19.1. The third kappa shape index (κ3) is 0.946. The highest BCUT2D eigenvalue weighted by Crippen LogP contribution is 2.28. The lowest BCUT2D eigenvalue weighted by Crippen LogP contribution is -1.91. The number of aliphatic imine (C=N–C) groups is 1. The molecule has 0 aliphatic carbocycles. The minimum Gasteiger partial charge on any atom is -0.257 e. The van der Waals surface area contributed by atoms with E-state index in [9.17, 15) is 4.39 Å². The van der Waals surface area contributed by atoms with Gasteiger partial charge in [0.15, 0.2) is 0 Å². The van der Waals surface area contributed by atoms with Gasteiger partial charge in [0.05, 0.1) is 5.69 Å². The molecule has 56 valence electrons. The van der Waals surface area contributed by atoms with Crippen LogP contribution < -0.4 is 0 Å². The van der Waals surface area contributed by atoms with Gasteiger partial charge in [0.25, 0.3) is 0 Å². The molecule has 0 fully saturated rings. The largest absolute Gasteiger partial charge is 0.257 e. The molecule has 0 spiro atoms. The van der Waals surface area contributed by atoms with Crippen LogP contribution in [0.4, 0.5) is 10.1 Å². The Morgan fingerprint density at radius 2 is 2.27 bits per heavy atom. The molecule has 0 unspecified atom stereocenters. The fourth-order valence-electron chi connectivity index (χ4n) is 1.33. The van der Waals surface area contributed by atoms with Gasteiger partial charge in [-0.2, -0.15) is 0 Å². The summed E-state index contributed by atoms with van der Waals surface area (Å²) in [5.74, 6) is -0.136. The first-order valence-electron chi connectivity index (χ1n) is 3.59. The molecular formula is C9H8FN. The van der Waals surface area contributed by atoms with Gasteiger partial charge in [-0.05, 0) is 19.1 Å². The van der Waals surface area contributed by atoms with Gasteiger partial charge in [-0.3, -0.25) is 4.99 Å². The molecule has 11 heavy (non-hydrogen) atoms. The summed E-state index contributed by atoms with van der Waals surface area (Å²) < 4.78 is 13.0. The molecule has 2 heteroatoms. The molecule has 1 aromatic rings. The van der Waals surface area contributed by atoms with Crippen molar-refractivity contribution in [2.24, 2.45) is 4.99 Å². The molecule has 1 aromatic carbocycles. The predicted octanol–water partition coefficient (Wildman–Crippen LogP) is 2.47. The van der Waals surface area contributed by atoms with E-state index >= 15 is 0 Å². The number of rotatable bonds is 0. The smallest absolute Gasteiger partial charge is 0.128 e. The minimum atomic E-state index is -0.136. The van der Waals surface area contributed by atoms with Crippen molar-refractivity contribution in [1.29, 1.82) is 0 Å². The lowest BCUT2D eigenvalue weighted by molar-refractivity contribution is 0.618. The quantitative estimate of drug-likeness (QED) is 0.537. The Bertz CT molecular complexity index is 328. The molecule has 0 amide bonds. The van der Waals surface area contributed by atoms with Crippen LogP contribution in [0.5, 0.6) is 0 Å². The molecule has 0 aromatic heterocycles. The molecule has 0 saturated carbocycles. The van der Waals surface area contributed by atoms with E-state index in [4.69, 9.17) is 0 Å². The normalized spacial score (nSPS) is 14.5. The molecule has 1 nitrogen and oxygen atoms in total. The Kier molecular flexibility index (Phi) is 1.28. The predicted molar refractivity (Wildman–Crippen MR) is 42.9 cm³/mol. The van der Waals surface area contributed by atoms with Crippen LogP contribution in [0.15, 0.2) is 23.2 Å². The number of nitrogens with zero attached hydrogens (tertiary/aromatic N) is 1. The van der Waals surface area contributed by atoms with E-state index in [2.05, 4.69) is 4.99 Å². The maximum absolute atomic E-state index is 13.0. The molecule has 0 radical (unpaired) electrons. The Labute approximate surface area is 64.6 Å². The molecule has 0 atom stereocenters. The zero-order valence-corrected chi connectivity index (χ0v) is 6.26. The molecular weight excluding hydrogens is 141 g/mol. The second-order valence-corrected chi connectivity index (χ2v) is 2.76. The fourth-order valence-corrected chi connectivity index (χ4v) is 1.33. The number of fused-ring (bicyclic) bond motifs is 1. The molecule has 0 N–H and O–H groups in total. The summed E-state index contributed by atoms with van der Waals surface area (Å²) in [5.41, 5.74) is 2.53. The average Bonchev–Trinajstić information content (AvgIpc) is 2.31. The van der Waals surface area contributed by atoms with Crippen molar-refractivity contribution >= 4 is 11.4 Å². The van der Waals surface area contributed by atoms with Crippen LogP contribution >= 0.6 is 0 Å². The Hall–Kier alpha value is -1.18. The number of benzene rings is 1. The van der Waals surface area contributed by atoms with Gasteiger partial charge in [0.1, 0.15) is 5.82 Å². The van der Waals surface area contributed by atoms with Crippen molar-refractivity contribution in [3.8, 4) is 0 Å². The number of hydrogen-bond donors (Lipinski definition) is 0. The molecule has 0 saturated heterocycles. The lowest BCUT2D eigenvalue weighted by Gasteiger charge is -1.96. The van der Waals surface area contributed by atoms with E-state index in [-0.39, 0.29) is 5.82 Å². The second kappa shape index (κ2) is 2.16. The number of halogens is 1. The molecule has 1 heterocycles. The van der Waals surface area contributed by atoms with Gasteiger partial charge in [-0.1, -0.05) is 6.07 Å². The van der Waals surface area contributed by atoms with Crippen LogP contribution in [0.1, 0.15) is 12.5 Å². The monoisotopic (exact) mass is 149 g/mol. The zero-order chi connectivity index (χ0) is 7.84. The average molecular weight is 149 g/mol. The van der Waals surface area contributed by atoms with Gasteiger partial charge in [-0.25, -0.2) is 4.39 Å². The van der Waals surface area contributed by atoms with Gasteiger partial charge in [0.2, 0.25) is 0 Å². The van der Waals surface area contributed by atoms with Crippen molar-refractivity contribution in [2.75, 3.05) is 0 Å². The van der Waals surface area contributed by atoms with Gasteiger partial charge < -0.3 is 0 Å². The van der Waals surface area contributed by atoms with Crippen LogP contribution in [-0.4, -0.2) is 5.71 Å². The summed E-state index contributed by atoms with van der Waals surface area (Å²) in [4.78, 5) is 4.19. The van der Waals surface area contributed by atoms with E-state index in [0.29, 0.717) is 6.42 Å². The van der Waals surface area contributed by atoms with Crippen molar-refractivity contribution in [3.63, 3.8) is 0 Å². The Morgan fingerprint density at radius 1 is 1.45 bits per heavy atom. The van der Waals surface area contributed by atoms with Gasteiger partial charge >= 0.3 is 0 Å². The summed E-state index contributed by atoms with van der Waals surface area (Å²) in [7, 11) is 0. The second-order valence-electron chi connectivity index (χ2n) is 2.76. The van der Waals surface area contributed by atoms with E-state index in [0.717, 1.165) is 17.0 Å². The van der Waals surface area contributed by atoms with Gasteiger partial charge in [-0.15, -0.1) is 0 Å². The molecule has 0 bridgehead atoms. The lowest BCUT2D eigenvalue weighted by atomic mass is 10.1. The molecule has 2 rings (SSSR count). The summed E-state index contributed by atoms with van der Waals surface area (Å²) >= 11 is 0. The summed E-state index contributed by atoms with van der Waals surface area (Å²) in [6.07, 6.45) is 0.669. The molecule has 1 aliphatic rings. The summed E-state index contributed by atoms with van der Waals surface area (Å²) in [6.45, 7) is 1.92. The fraction of sp³-hybridized carbons (Fsp3) is 0.222. The van der Waals surface area contributed by atoms with Crippen LogP contribution in [0, 0.1) is 5.82 Å². The maximum atomic E-state index is 13.0. The first-order chi connectivity index (χ1) is 5.27. The topological polar surface area (TPSA) is 12.4 Å². The van der Waals surface area contributed by atoms with Crippen LogP contribution in [0.3, 0.4) is 0 Å². The van der Waals surface area contributed by atoms with Crippen molar-refractivity contribution in [1.82, 2.24) is 0 Å². The summed E-state index contributed by atoms with van der Waals surface area (Å²) in [6, 6.07) is 5.01. The first-order valence-corrected chi connectivity index (χ1v) is 3.59. The SMILES string of the molecule is CC1=Nc2cccc(F)c2C1. The summed E-state index contributed by atoms with van der Waals surface area (Å²) in [5, 5.41) is 0. The third-order valence-electron chi connectivity index (χ3n) is 1.84. The number of hydrogen-bond acceptors (Lipinski definition) is 1. The molecule has 1 aliphatic heterocycles. The Balaban J connectivity index is 2.59. The van der Waals surface area contributed by atoms with Gasteiger partial charge in [0, 0.05) is 17.7 Å². The highest BCUT2D eigenvalue weighted by Gasteiger charge is 2.14. The van der Waals surface area contributed by atoms with E-state index in [1.165, 1.54) is 6.07 Å². The van der Waals surface area contributed by atoms with Crippen molar-refractivity contribution < 1.29 is 4.39 Å².